The highest BCUT2D eigenvalue weighted by Crippen LogP contribution is 2.46. The van der Waals surface area contributed by atoms with Crippen molar-refractivity contribution in [3.05, 3.63) is 16.7 Å². The number of aliphatic hydroxyl groups is 3. The van der Waals surface area contributed by atoms with Crippen molar-refractivity contribution < 1.29 is 48.0 Å². The molecule has 0 bridgehead atoms. The molecular weight excluding hydrogens is 611 g/mol. The Balaban J connectivity index is 1.73. The van der Waals surface area contributed by atoms with E-state index in [9.17, 15) is 34.3 Å². The fourth-order valence-corrected chi connectivity index (χ4v) is 6.07. The van der Waals surface area contributed by atoms with Gasteiger partial charge in [0.1, 0.15) is 30.0 Å². The van der Waals surface area contributed by atoms with E-state index in [1.807, 2.05) is 0 Å². The number of ether oxygens (including phenoxy) is 2. The number of H-pyrrole nitrogens is 1. The molecule has 0 aliphatic carbocycles. The van der Waals surface area contributed by atoms with Crippen molar-refractivity contribution in [1.29, 1.82) is 0 Å². The Morgan fingerprint density at radius 1 is 1.30 bits per heavy atom. The largest absolute Gasteiger partial charge is 0.459 e. The van der Waals surface area contributed by atoms with E-state index in [-0.39, 0.29) is 41.2 Å². The zero-order valence-corrected chi connectivity index (χ0v) is 26.4. The van der Waals surface area contributed by atoms with Gasteiger partial charge in [-0.05, 0) is 41.5 Å². The smallest absolute Gasteiger partial charge is 0.406 e. The number of nitrogens with zero attached hydrogens (tertiary/aromatic N) is 3. The highest BCUT2D eigenvalue weighted by atomic mass is 32.2. The summed E-state index contributed by atoms with van der Waals surface area (Å²) in [5.74, 6) is -0.902. The first-order valence-electron chi connectivity index (χ1n) is 13.2. The van der Waals surface area contributed by atoms with Gasteiger partial charge in [-0.15, -0.1) is 0 Å². The number of aromatic nitrogens is 4. The molecule has 17 nitrogen and oxygen atoms in total. The molecule has 5 atom stereocenters. The lowest BCUT2D eigenvalue weighted by Crippen LogP contribution is -2.44. The number of carbonyl (C=O) groups is 2. The number of imidazole rings is 1. The molecule has 0 saturated carbocycles. The van der Waals surface area contributed by atoms with Gasteiger partial charge in [0.2, 0.25) is 5.95 Å². The quantitative estimate of drug-likeness (QED) is 0.0952. The van der Waals surface area contributed by atoms with Crippen LogP contribution in [0.25, 0.3) is 11.2 Å². The summed E-state index contributed by atoms with van der Waals surface area (Å²) < 4.78 is 36.8. The Labute approximate surface area is 251 Å². The molecule has 0 radical (unpaired) electrons. The van der Waals surface area contributed by atoms with Gasteiger partial charge in [0.05, 0.1) is 31.6 Å². The molecule has 0 spiro atoms. The molecule has 7 N–H and O–H groups in total. The number of esters is 1. The summed E-state index contributed by atoms with van der Waals surface area (Å²) in [6.07, 6.45) is -3.00. The molecule has 1 fully saturated rings. The van der Waals surface area contributed by atoms with Crippen LogP contribution in [-0.4, -0.2) is 101 Å². The van der Waals surface area contributed by atoms with Crippen molar-refractivity contribution in [1.82, 2.24) is 24.6 Å². The Morgan fingerprint density at radius 3 is 2.60 bits per heavy atom. The fourth-order valence-electron chi connectivity index (χ4n) is 3.88. The molecular formula is C24H39N6O11PS. The van der Waals surface area contributed by atoms with E-state index in [4.69, 9.17) is 24.3 Å². The predicted molar refractivity (Wildman–Crippen MR) is 155 cm³/mol. The standard InChI is InChI=1S/C24H39N6O11PS/c1-22(2,3)41-14(32)9-27-42(37,38-7-8-43-20(35)23(4,5)11-31)39-10-13-16(33)24(6,36)19(40-13)30-12-26-15-17(30)28-21(25)29-18(15)34/h12-13,16,19,31,33,36H,7-11H2,1-6H3,(H,27,37)(H3,25,28,29,34)/t13-,16-,19-,24-,42?/m0/s1. The van der Waals surface area contributed by atoms with E-state index in [1.165, 1.54) is 17.8 Å². The Morgan fingerprint density at radius 2 is 1.98 bits per heavy atom. The van der Waals surface area contributed by atoms with E-state index in [0.717, 1.165) is 11.8 Å². The van der Waals surface area contributed by atoms with Crippen molar-refractivity contribution in [3.63, 3.8) is 0 Å². The van der Waals surface area contributed by atoms with Crippen molar-refractivity contribution in [3.8, 4) is 0 Å². The first-order chi connectivity index (χ1) is 19.8. The maximum absolute atomic E-state index is 13.6. The molecule has 3 rings (SSSR count). The number of anilines is 1. The third-order valence-corrected chi connectivity index (χ3v) is 8.97. The minimum atomic E-state index is -4.29. The number of fused-ring (bicyclic) bond motifs is 1. The van der Waals surface area contributed by atoms with Gasteiger partial charge in [-0.1, -0.05) is 11.8 Å². The monoisotopic (exact) mass is 650 g/mol. The molecule has 1 aliphatic rings. The minimum absolute atomic E-state index is 0.00949. The van der Waals surface area contributed by atoms with Crippen molar-refractivity contribution in [2.75, 3.05) is 37.9 Å². The number of nitrogens with two attached hydrogens (primary N) is 1. The topological polar surface area (TPSA) is 250 Å². The first-order valence-corrected chi connectivity index (χ1v) is 15.7. The SMILES string of the molecule is CC(C)(C)OC(=O)CNP(=O)(OCCSC(=O)C(C)(C)CO)OC[C@@H]1O[C@H](n2cnc3c(=O)[nH]c(N)nc32)[C@@](C)(O)[C@H]1O. The lowest BCUT2D eigenvalue weighted by atomic mass is 9.96. The number of hydrogen-bond donors (Lipinski definition) is 6. The predicted octanol–water partition coefficient (Wildman–Crippen LogP) is 0.0620. The van der Waals surface area contributed by atoms with Gasteiger partial charge in [-0.2, -0.15) is 4.98 Å². The van der Waals surface area contributed by atoms with Crippen molar-refractivity contribution in [2.24, 2.45) is 5.41 Å². The zero-order chi connectivity index (χ0) is 32.4. The average molecular weight is 651 g/mol. The third kappa shape index (κ3) is 8.61. The van der Waals surface area contributed by atoms with E-state index in [0.29, 0.717) is 0 Å². The summed E-state index contributed by atoms with van der Waals surface area (Å²) in [7, 11) is -4.29. The van der Waals surface area contributed by atoms with E-state index in [1.54, 1.807) is 34.6 Å². The van der Waals surface area contributed by atoms with Crippen LogP contribution in [0, 0.1) is 5.41 Å². The molecule has 0 amide bonds. The van der Waals surface area contributed by atoms with Crippen LogP contribution in [0.4, 0.5) is 5.95 Å². The summed E-state index contributed by atoms with van der Waals surface area (Å²) >= 11 is 0.860. The van der Waals surface area contributed by atoms with Gasteiger partial charge in [0.15, 0.2) is 22.5 Å². The highest BCUT2D eigenvalue weighted by molar-refractivity contribution is 8.13. The number of carbonyl (C=O) groups excluding carboxylic acids is 2. The number of nitrogens with one attached hydrogen (secondary N) is 2. The van der Waals surface area contributed by atoms with Crippen LogP contribution < -0.4 is 16.4 Å². The maximum Gasteiger partial charge on any atom is 0.406 e. The van der Waals surface area contributed by atoms with Gasteiger partial charge in [-0.3, -0.25) is 33.0 Å². The Bertz CT molecular complexity index is 1420. The van der Waals surface area contributed by atoms with Crippen molar-refractivity contribution >= 4 is 47.7 Å². The Hall–Kier alpha value is -2.41. The molecule has 1 aliphatic heterocycles. The highest BCUT2D eigenvalue weighted by Gasteiger charge is 2.54. The van der Waals surface area contributed by atoms with Gasteiger partial charge in [0, 0.05) is 5.75 Å². The fraction of sp³-hybridized carbons (Fsp3) is 0.708. The minimum Gasteiger partial charge on any atom is -0.459 e. The van der Waals surface area contributed by atoms with E-state index < -0.39 is 67.5 Å². The number of thioether (sulfide) groups is 1. The van der Waals surface area contributed by atoms with Crippen LogP contribution in [0.1, 0.15) is 47.8 Å². The van der Waals surface area contributed by atoms with Crippen LogP contribution >= 0.6 is 19.5 Å². The number of hydrogen-bond acceptors (Lipinski definition) is 15. The summed E-state index contributed by atoms with van der Waals surface area (Å²) in [5.41, 5.74) is 1.18. The van der Waals surface area contributed by atoms with E-state index in [2.05, 4.69) is 20.0 Å². The number of rotatable bonds is 13. The molecule has 19 heteroatoms. The molecule has 3 heterocycles. The maximum atomic E-state index is 13.6. The lowest BCUT2D eigenvalue weighted by molar-refractivity contribution is -0.153. The van der Waals surface area contributed by atoms with Crippen LogP contribution in [-0.2, 0) is 32.7 Å². The second-order valence-electron chi connectivity index (χ2n) is 11.7. The van der Waals surface area contributed by atoms with Crippen molar-refractivity contribution in [2.45, 2.75) is 71.2 Å². The first kappa shape index (κ1) is 35.1. The van der Waals surface area contributed by atoms with Crippen LogP contribution in [0.5, 0.6) is 0 Å². The van der Waals surface area contributed by atoms with Crippen LogP contribution in [0.2, 0.25) is 0 Å². The Kier molecular flexibility index (Phi) is 10.8. The zero-order valence-electron chi connectivity index (χ0n) is 24.7. The molecule has 2 aromatic rings. The summed E-state index contributed by atoms with van der Waals surface area (Å²) in [4.78, 5) is 47.1. The molecule has 242 valence electrons. The van der Waals surface area contributed by atoms with Crippen LogP contribution in [0.3, 0.4) is 0 Å². The molecule has 0 aromatic carbocycles. The van der Waals surface area contributed by atoms with Gasteiger partial charge in [-0.25, -0.2) is 14.6 Å². The summed E-state index contributed by atoms with van der Waals surface area (Å²) in [6, 6.07) is 0. The average Bonchev–Trinajstić information content (AvgIpc) is 3.41. The third-order valence-electron chi connectivity index (χ3n) is 6.23. The molecule has 43 heavy (non-hydrogen) atoms. The molecule has 2 aromatic heterocycles. The number of nitrogen functional groups attached to an aromatic ring is 1. The number of aromatic amines is 1. The van der Waals surface area contributed by atoms with E-state index >= 15 is 0 Å². The molecule has 1 unspecified atom stereocenters. The second-order valence-corrected chi connectivity index (χ2v) is 14.6. The normalized spacial score (nSPS) is 24.3. The van der Waals surface area contributed by atoms with Gasteiger partial charge >= 0.3 is 13.7 Å². The van der Waals surface area contributed by atoms with Gasteiger partial charge in [0.25, 0.3) is 5.56 Å². The molecule has 1 saturated heterocycles. The van der Waals surface area contributed by atoms with Crippen LogP contribution in [0.15, 0.2) is 11.1 Å². The second kappa shape index (κ2) is 13.3. The lowest BCUT2D eigenvalue weighted by Gasteiger charge is -2.27. The number of aliphatic hydroxyl groups excluding tert-OH is 2. The summed E-state index contributed by atoms with van der Waals surface area (Å²) in [5, 5.41) is 33.5. The van der Waals surface area contributed by atoms with Gasteiger partial charge < -0.3 is 30.5 Å². The summed E-state index contributed by atoms with van der Waals surface area (Å²) in [6.45, 7) is 7.64.